The normalized spacial score (nSPS) is 23.2. The molecule has 1 heterocycles. The summed E-state index contributed by atoms with van der Waals surface area (Å²) < 4.78 is 0. The molecule has 2 nitrogen and oxygen atoms in total. The smallest absolute Gasteiger partial charge is 0.157 e. The molecule has 0 aromatic rings. The van der Waals surface area contributed by atoms with E-state index in [1.807, 2.05) is 6.08 Å². The first kappa shape index (κ1) is 14.3. The maximum absolute atomic E-state index is 11.8. The van der Waals surface area contributed by atoms with E-state index in [1.165, 1.54) is 38.5 Å². The molecule has 2 heteroatoms. The van der Waals surface area contributed by atoms with Crippen molar-refractivity contribution in [1.82, 2.24) is 5.32 Å². The SMILES string of the molecule is CCCCCCC(=O)/C=C1/CCCCC(C)N1. The van der Waals surface area contributed by atoms with Gasteiger partial charge in [-0.05, 0) is 32.6 Å². The Bertz CT molecular complexity index is 258. The standard InChI is InChI=1S/C15H27NO/c1-3-4-5-6-11-15(17)12-14-10-8-7-9-13(2)16-14/h12-13,16H,3-11H2,1-2H3/b14-12-. The maximum Gasteiger partial charge on any atom is 0.157 e. The lowest BCUT2D eigenvalue weighted by molar-refractivity contribution is -0.114. The molecule has 0 radical (unpaired) electrons. The van der Waals surface area contributed by atoms with Crippen LogP contribution in [0.4, 0.5) is 0 Å². The van der Waals surface area contributed by atoms with Crippen LogP contribution in [-0.4, -0.2) is 11.8 Å². The van der Waals surface area contributed by atoms with Crippen LogP contribution >= 0.6 is 0 Å². The van der Waals surface area contributed by atoms with Gasteiger partial charge in [-0.3, -0.25) is 4.79 Å². The maximum atomic E-state index is 11.8. The second-order valence-electron chi connectivity index (χ2n) is 5.24. The minimum Gasteiger partial charge on any atom is -0.386 e. The van der Waals surface area contributed by atoms with Crippen LogP contribution in [0.3, 0.4) is 0 Å². The van der Waals surface area contributed by atoms with E-state index >= 15 is 0 Å². The molecule has 1 atom stereocenters. The third kappa shape index (κ3) is 6.50. The molecule has 0 aromatic heterocycles. The Morgan fingerprint density at radius 1 is 1.35 bits per heavy atom. The van der Waals surface area contributed by atoms with Gasteiger partial charge in [0.05, 0.1) is 0 Å². The molecule has 98 valence electrons. The number of nitrogens with one attached hydrogen (secondary N) is 1. The summed E-state index contributed by atoms with van der Waals surface area (Å²) in [7, 11) is 0. The molecule has 1 fully saturated rings. The molecule has 1 rings (SSSR count). The largest absolute Gasteiger partial charge is 0.386 e. The second-order valence-corrected chi connectivity index (χ2v) is 5.24. The van der Waals surface area contributed by atoms with Crippen LogP contribution in [-0.2, 0) is 4.79 Å². The lowest BCUT2D eigenvalue weighted by Gasteiger charge is -2.12. The van der Waals surface area contributed by atoms with Crippen LogP contribution in [0.1, 0.15) is 71.6 Å². The van der Waals surface area contributed by atoms with E-state index in [9.17, 15) is 4.79 Å². The summed E-state index contributed by atoms with van der Waals surface area (Å²) in [5.41, 5.74) is 1.16. The molecule has 0 amide bonds. The molecule has 0 bridgehead atoms. The lowest BCUT2D eigenvalue weighted by atomic mass is 10.1. The number of allylic oxidation sites excluding steroid dienone is 2. The van der Waals surface area contributed by atoms with Gasteiger partial charge in [0, 0.05) is 24.2 Å². The quantitative estimate of drug-likeness (QED) is 0.559. The summed E-state index contributed by atoms with van der Waals surface area (Å²) in [5.74, 6) is 0.303. The first-order valence-electron chi connectivity index (χ1n) is 7.22. The minimum atomic E-state index is 0.303. The van der Waals surface area contributed by atoms with E-state index in [0.29, 0.717) is 11.8 Å². The molecule has 0 aliphatic carbocycles. The van der Waals surface area contributed by atoms with E-state index in [4.69, 9.17) is 0 Å². The Labute approximate surface area is 106 Å². The van der Waals surface area contributed by atoms with Gasteiger partial charge in [-0.15, -0.1) is 0 Å². The van der Waals surface area contributed by atoms with Crippen molar-refractivity contribution in [3.63, 3.8) is 0 Å². The Morgan fingerprint density at radius 2 is 2.18 bits per heavy atom. The van der Waals surface area contributed by atoms with Gasteiger partial charge in [0.1, 0.15) is 0 Å². The van der Waals surface area contributed by atoms with E-state index in [2.05, 4.69) is 19.2 Å². The molecule has 0 spiro atoms. The highest BCUT2D eigenvalue weighted by molar-refractivity contribution is 5.90. The van der Waals surface area contributed by atoms with Gasteiger partial charge in [-0.25, -0.2) is 0 Å². The van der Waals surface area contributed by atoms with Gasteiger partial charge in [0.15, 0.2) is 5.78 Å². The van der Waals surface area contributed by atoms with Crippen molar-refractivity contribution in [2.75, 3.05) is 0 Å². The average Bonchev–Trinajstić information content (AvgIpc) is 2.49. The van der Waals surface area contributed by atoms with Crippen LogP contribution in [0.25, 0.3) is 0 Å². The monoisotopic (exact) mass is 237 g/mol. The van der Waals surface area contributed by atoms with Gasteiger partial charge in [-0.2, -0.15) is 0 Å². The summed E-state index contributed by atoms with van der Waals surface area (Å²) in [4.78, 5) is 11.8. The molecule has 1 aliphatic heterocycles. The van der Waals surface area contributed by atoms with Crippen LogP contribution < -0.4 is 5.32 Å². The molecule has 17 heavy (non-hydrogen) atoms. The highest BCUT2D eigenvalue weighted by atomic mass is 16.1. The number of carbonyl (C=O) groups excluding carboxylic acids is 1. The first-order chi connectivity index (χ1) is 8.22. The summed E-state index contributed by atoms with van der Waals surface area (Å²) in [6.45, 7) is 4.39. The Balaban J connectivity index is 2.30. The van der Waals surface area contributed by atoms with Gasteiger partial charge < -0.3 is 5.32 Å². The molecule has 1 unspecified atom stereocenters. The number of hydrogen-bond acceptors (Lipinski definition) is 2. The summed E-state index contributed by atoms with van der Waals surface area (Å²) in [6, 6.07) is 0.525. The van der Waals surface area contributed by atoms with E-state index in [0.717, 1.165) is 25.0 Å². The van der Waals surface area contributed by atoms with Crippen molar-refractivity contribution < 1.29 is 4.79 Å². The van der Waals surface area contributed by atoms with E-state index in [-0.39, 0.29) is 0 Å². The first-order valence-corrected chi connectivity index (χ1v) is 7.22. The summed E-state index contributed by atoms with van der Waals surface area (Å²) in [5, 5.41) is 3.45. The van der Waals surface area contributed by atoms with E-state index in [1.54, 1.807) is 0 Å². The van der Waals surface area contributed by atoms with Crippen LogP contribution in [0.5, 0.6) is 0 Å². The Kier molecular flexibility index (Phi) is 6.99. The lowest BCUT2D eigenvalue weighted by Crippen LogP contribution is -2.23. The third-order valence-electron chi connectivity index (χ3n) is 3.38. The zero-order chi connectivity index (χ0) is 12.5. The topological polar surface area (TPSA) is 29.1 Å². The van der Waals surface area contributed by atoms with Crippen molar-refractivity contribution in [1.29, 1.82) is 0 Å². The number of unbranched alkanes of at least 4 members (excludes halogenated alkanes) is 3. The van der Waals surface area contributed by atoms with Crippen LogP contribution in [0, 0.1) is 0 Å². The number of carbonyl (C=O) groups is 1. The Hall–Kier alpha value is -0.790. The summed E-state index contributed by atoms with van der Waals surface area (Å²) >= 11 is 0. The molecule has 1 saturated heterocycles. The number of hydrogen-bond donors (Lipinski definition) is 1. The molecule has 1 aliphatic rings. The minimum absolute atomic E-state index is 0.303. The fraction of sp³-hybridized carbons (Fsp3) is 0.800. The Morgan fingerprint density at radius 3 is 2.94 bits per heavy atom. The molecule has 1 N–H and O–H groups in total. The average molecular weight is 237 g/mol. The fourth-order valence-electron chi connectivity index (χ4n) is 2.33. The highest BCUT2D eigenvalue weighted by Crippen LogP contribution is 2.15. The van der Waals surface area contributed by atoms with Crippen molar-refractivity contribution in [2.24, 2.45) is 0 Å². The van der Waals surface area contributed by atoms with E-state index < -0.39 is 0 Å². The van der Waals surface area contributed by atoms with Crippen LogP contribution in [0.15, 0.2) is 11.8 Å². The van der Waals surface area contributed by atoms with Crippen LogP contribution in [0.2, 0.25) is 0 Å². The van der Waals surface area contributed by atoms with Gasteiger partial charge in [0.25, 0.3) is 0 Å². The third-order valence-corrected chi connectivity index (χ3v) is 3.38. The van der Waals surface area contributed by atoms with Gasteiger partial charge >= 0.3 is 0 Å². The van der Waals surface area contributed by atoms with Crippen molar-refractivity contribution >= 4 is 5.78 Å². The van der Waals surface area contributed by atoms with Crippen molar-refractivity contribution in [3.8, 4) is 0 Å². The predicted octanol–water partition coefficient (Wildman–Crippen LogP) is 3.96. The van der Waals surface area contributed by atoms with Gasteiger partial charge in [0.2, 0.25) is 0 Å². The number of ketones is 1. The van der Waals surface area contributed by atoms with Gasteiger partial charge in [-0.1, -0.05) is 32.6 Å². The molecule has 0 aromatic carbocycles. The van der Waals surface area contributed by atoms with Crippen molar-refractivity contribution in [2.45, 2.75) is 77.7 Å². The summed E-state index contributed by atoms with van der Waals surface area (Å²) in [6.07, 6.45) is 12.1. The molecular weight excluding hydrogens is 210 g/mol. The molecular formula is C15H27NO. The van der Waals surface area contributed by atoms with Crippen molar-refractivity contribution in [3.05, 3.63) is 11.8 Å². The zero-order valence-corrected chi connectivity index (χ0v) is 11.4. The zero-order valence-electron chi connectivity index (χ0n) is 11.4. The number of rotatable bonds is 6. The molecule has 0 saturated carbocycles. The second kappa shape index (κ2) is 8.32. The predicted molar refractivity (Wildman–Crippen MR) is 72.9 cm³/mol. The fourth-order valence-corrected chi connectivity index (χ4v) is 2.33. The highest BCUT2D eigenvalue weighted by Gasteiger charge is 2.10.